The first-order valence-electron chi connectivity index (χ1n) is 10.2. The minimum atomic E-state index is -0.203. The van der Waals surface area contributed by atoms with Crippen molar-refractivity contribution in [2.45, 2.75) is 64.3 Å². The monoisotopic (exact) mass is 382 g/mol. The number of rotatable bonds is 3. The highest BCUT2D eigenvalue weighted by Crippen LogP contribution is 2.39. The Morgan fingerprint density at radius 1 is 1.36 bits per heavy atom. The van der Waals surface area contributed by atoms with Gasteiger partial charge in [0.05, 0.1) is 12.0 Å². The Bertz CT molecular complexity index is 839. The fourth-order valence-electron chi connectivity index (χ4n) is 4.61. The van der Waals surface area contributed by atoms with E-state index in [0.29, 0.717) is 6.04 Å². The molecule has 1 N–H and O–H groups in total. The van der Waals surface area contributed by atoms with Crippen LogP contribution in [0.5, 0.6) is 5.75 Å². The molecule has 2 aliphatic rings. The molecule has 1 aromatic heterocycles. The molecule has 0 bridgehead atoms. The lowest BCUT2D eigenvalue weighted by Crippen LogP contribution is -2.51. The molecular weight excluding hydrogens is 352 g/mol. The summed E-state index contributed by atoms with van der Waals surface area (Å²) in [4.78, 5) is 23.8. The predicted octanol–water partition coefficient (Wildman–Crippen LogP) is 3.27. The smallest absolute Gasteiger partial charge is 0.219 e. The number of aromatic nitrogens is 2. The van der Waals surface area contributed by atoms with Gasteiger partial charge in [-0.3, -0.25) is 9.69 Å². The van der Waals surface area contributed by atoms with Crippen molar-refractivity contribution in [2.24, 2.45) is 0 Å². The van der Waals surface area contributed by atoms with Gasteiger partial charge in [0.1, 0.15) is 11.4 Å². The predicted molar refractivity (Wildman–Crippen MR) is 108 cm³/mol. The van der Waals surface area contributed by atoms with E-state index in [2.05, 4.69) is 46.1 Å². The number of hydrogen-bond donors (Lipinski definition) is 1. The largest absolute Gasteiger partial charge is 0.486 e. The van der Waals surface area contributed by atoms with E-state index in [-0.39, 0.29) is 11.5 Å². The van der Waals surface area contributed by atoms with Crippen molar-refractivity contribution >= 4 is 5.91 Å². The van der Waals surface area contributed by atoms with Gasteiger partial charge in [-0.1, -0.05) is 18.2 Å². The van der Waals surface area contributed by atoms with Crippen molar-refractivity contribution in [2.75, 3.05) is 13.6 Å². The zero-order chi connectivity index (χ0) is 19.7. The van der Waals surface area contributed by atoms with Crippen LogP contribution in [0, 0.1) is 6.92 Å². The van der Waals surface area contributed by atoms with E-state index in [1.807, 2.05) is 11.9 Å². The fourth-order valence-corrected chi connectivity index (χ4v) is 4.61. The van der Waals surface area contributed by atoms with Crippen LogP contribution in [0.25, 0.3) is 0 Å². The molecule has 4 rings (SSSR count). The van der Waals surface area contributed by atoms with E-state index in [0.717, 1.165) is 62.5 Å². The molecule has 0 atom stereocenters. The Balaban J connectivity index is 1.57. The number of nitrogens with zero attached hydrogens (tertiary/aromatic N) is 3. The summed E-state index contributed by atoms with van der Waals surface area (Å²) in [5, 5.41) is 0. The standard InChI is InChI=1S/C22H30N4O2/c1-16-20(24-15-23-16)13-26-12-18-6-4-5-7-21(18)28-22(14-26)10-8-19(9-11-22)25(3)17(2)27/h4-7,15,19H,8-14H2,1-3H3,(H,23,24). The first kappa shape index (κ1) is 19.0. The fraction of sp³-hybridized carbons (Fsp3) is 0.545. The maximum Gasteiger partial charge on any atom is 0.219 e. The third kappa shape index (κ3) is 3.78. The maximum atomic E-state index is 11.8. The number of fused-ring (bicyclic) bond motifs is 1. The number of carbonyl (C=O) groups is 1. The maximum absolute atomic E-state index is 11.8. The van der Waals surface area contributed by atoms with Crippen molar-refractivity contribution in [3.05, 3.63) is 47.5 Å². The molecule has 1 aromatic carbocycles. The number of para-hydroxylation sites is 1. The molecule has 2 aromatic rings. The number of ether oxygens (including phenoxy) is 1. The molecular formula is C22H30N4O2. The normalized spacial score (nSPS) is 25.0. The first-order chi connectivity index (χ1) is 13.5. The molecule has 6 heteroatoms. The molecule has 1 fully saturated rings. The van der Waals surface area contributed by atoms with Crippen molar-refractivity contribution in [1.82, 2.24) is 19.8 Å². The van der Waals surface area contributed by atoms with Crippen LogP contribution in [0.15, 0.2) is 30.6 Å². The molecule has 150 valence electrons. The van der Waals surface area contributed by atoms with Gasteiger partial charge < -0.3 is 14.6 Å². The summed E-state index contributed by atoms with van der Waals surface area (Å²) in [5.74, 6) is 1.14. The average molecular weight is 383 g/mol. The molecule has 0 unspecified atom stereocenters. The highest BCUT2D eigenvalue weighted by Gasteiger charge is 2.42. The number of carbonyl (C=O) groups excluding carboxylic acids is 1. The van der Waals surface area contributed by atoms with E-state index in [4.69, 9.17) is 4.74 Å². The van der Waals surface area contributed by atoms with E-state index in [1.54, 1.807) is 13.3 Å². The van der Waals surface area contributed by atoms with Gasteiger partial charge >= 0.3 is 0 Å². The molecule has 0 radical (unpaired) electrons. The van der Waals surface area contributed by atoms with Gasteiger partial charge in [0, 0.05) is 50.9 Å². The lowest BCUT2D eigenvalue weighted by molar-refractivity contribution is -0.131. The van der Waals surface area contributed by atoms with Crippen LogP contribution in [0.3, 0.4) is 0 Å². The summed E-state index contributed by atoms with van der Waals surface area (Å²) >= 11 is 0. The molecule has 0 saturated heterocycles. The molecule has 1 aliphatic heterocycles. The Hall–Kier alpha value is -2.34. The summed E-state index contributed by atoms with van der Waals surface area (Å²) < 4.78 is 6.68. The second-order valence-corrected chi connectivity index (χ2v) is 8.37. The second-order valence-electron chi connectivity index (χ2n) is 8.37. The minimum absolute atomic E-state index is 0.142. The summed E-state index contributed by atoms with van der Waals surface area (Å²) in [5.41, 5.74) is 3.25. The van der Waals surface area contributed by atoms with Gasteiger partial charge in [-0.25, -0.2) is 4.98 Å². The zero-order valence-corrected chi connectivity index (χ0v) is 17.1. The number of benzene rings is 1. The van der Waals surface area contributed by atoms with Crippen LogP contribution in [0.4, 0.5) is 0 Å². The van der Waals surface area contributed by atoms with Crippen LogP contribution in [-0.4, -0.2) is 50.9 Å². The Labute approximate surface area is 166 Å². The van der Waals surface area contributed by atoms with Gasteiger partial charge in [0.25, 0.3) is 0 Å². The Morgan fingerprint density at radius 2 is 2.11 bits per heavy atom. The highest BCUT2D eigenvalue weighted by atomic mass is 16.5. The topological polar surface area (TPSA) is 61.5 Å². The molecule has 1 spiro atoms. The van der Waals surface area contributed by atoms with E-state index in [1.165, 1.54) is 5.56 Å². The third-order valence-corrected chi connectivity index (χ3v) is 6.42. The summed E-state index contributed by atoms with van der Waals surface area (Å²) in [6.45, 7) is 6.27. The number of nitrogens with one attached hydrogen (secondary N) is 1. The number of aromatic amines is 1. The van der Waals surface area contributed by atoms with Crippen molar-refractivity contribution in [3.63, 3.8) is 0 Å². The van der Waals surface area contributed by atoms with Crippen molar-refractivity contribution < 1.29 is 9.53 Å². The van der Waals surface area contributed by atoms with E-state index in [9.17, 15) is 4.79 Å². The van der Waals surface area contributed by atoms with E-state index < -0.39 is 0 Å². The molecule has 1 aliphatic carbocycles. The first-order valence-corrected chi connectivity index (χ1v) is 10.2. The van der Waals surface area contributed by atoms with Gasteiger partial charge in [-0.2, -0.15) is 0 Å². The van der Waals surface area contributed by atoms with Crippen LogP contribution in [0.1, 0.15) is 49.6 Å². The van der Waals surface area contributed by atoms with Crippen LogP contribution < -0.4 is 4.74 Å². The minimum Gasteiger partial charge on any atom is -0.486 e. The van der Waals surface area contributed by atoms with Crippen molar-refractivity contribution in [3.8, 4) is 5.75 Å². The zero-order valence-electron chi connectivity index (χ0n) is 17.1. The van der Waals surface area contributed by atoms with Gasteiger partial charge in [-0.15, -0.1) is 0 Å². The quantitative estimate of drug-likeness (QED) is 0.885. The summed E-state index contributed by atoms with van der Waals surface area (Å²) in [6.07, 6.45) is 5.64. The summed E-state index contributed by atoms with van der Waals surface area (Å²) in [7, 11) is 1.92. The second kappa shape index (κ2) is 7.59. The number of H-pyrrole nitrogens is 1. The number of hydrogen-bond acceptors (Lipinski definition) is 4. The van der Waals surface area contributed by atoms with Gasteiger partial charge in [-0.05, 0) is 38.7 Å². The third-order valence-electron chi connectivity index (χ3n) is 6.42. The molecule has 1 amide bonds. The number of amides is 1. The van der Waals surface area contributed by atoms with Crippen LogP contribution >= 0.6 is 0 Å². The van der Waals surface area contributed by atoms with Crippen LogP contribution in [0.2, 0.25) is 0 Å². The van der Waals surface area contributed by atoms with Gasteiger partial charge in [0.2, 0.25) is 5.91 Å². The number of aryl methyl sites for hydroxylation is 1. The van der Waals surface area contributed by atoms with Crippen molar-refractivity contribution in [1.29, 1.82) is 0 Å². The van der Waals surface area contributed by atoms with Crippen LogP contribution in [-0.2, 0) is 17.9 Å². The lowest BCUT2D eigenvalue weighted by atomic mass is 9.81. The average Bonchev–Trinajstić information content (AvgIpc) is 3.00. The molecule has 2 heterocycles. The Kier molecular flexibility index (Phi) is 5.15. The molecule has 28 heavy (non-hydrogen) atoms. The lowest BCUT2D eigenvalue weighted by Gasteiger charge is -2.43. The Morgan fingerprint density at radius 3 is 2.79 bits per heavy atom. The SMILES string of the molecule is CC(=O)N(C)C1CCC2(CC1)CN(Cc1nc[nH]c1C)Cc1ccccc1O2. The van der Waals surface area contributed by atoms with E-state index >= 15 is 0 Å². The molecule has 1 saturated carbocycles. The van der Waals surface area contributed by atoms with Gasteiger partial charge in [0.15, 0.2) is 0 Å². The molecule has 6 nitrogen and oxygen atoms in total. The number of imidazole rings is 1. The summed E-state index contributed by atoms with van der Waals surface area (Å²) in [6, 6.07) is 8.70. The highest BCUT2D eigenvalue weighted by molar-refractivity contribution is 5.73.